The van der Waals surface area contributed by atoms with Crippen LogP contribution in [0.1, 0.15) is 29.7 Å². The average Bonchev–Trinajstić information content (AvgIpc) is 2.63. The van der Waals surface area contributed by atoms with Gasteiger partial charge in [0.1, 0.15) is 0 Å². The van der Waals surface area contributed by atoms with Crippen LogP contribution in [0.5, 0.6) is 0 Å². The molecule has 0 saturated carbocycles. The third-order valence-electron chi connectivity index (χ3n) is 4.10. The van der Waals surface area contributed by atoms with Gasteiger partial charge < -0.3 is 10.4 Å². The first-order valence-electron chi connectivity index (χ1n) is 8.12. The first kappa shape index (κ1) is 18.0. The van der Waals surface area contributed by atoms with Crippen LogP contribution < -0.4 is 5.32 Å². The number of hydrogen-bond donors (Lipinski definition) is 2. The van der Waals surface area contributed by atoms with E-state index in [2.05, 4.69) is 21.2 Å². The minimum atomic E-state index is -0.565. The van der Waals surface area contributed by atoms with E-state index in [0.717, 1.165) is 21.3 Å². The molecule has 2 N–H and O–H groups in total. The molecule has 2 unspecified atom stereocenters. The van der Waals surface area contributed by atoms with Crippen molar-refractivity contribution >= 4 is 33.2 Å². The van der Waals surface area contributed by atoms with E-state index in [1.807, 2.05) is 78.9 Å². The molecular weight excluding hydrogens is 398 g/mol. The van der Waals surface area contributed by atoms with Crippen molar-refractivity contribution in [2.45, 2.75) is 18.6 Å². The molecule has 0 aliphatic carbocycles. The van der Waals surface area contributed by atoms with Crippen molar-refractivity contribution in [3.05, 3.63) is 99.5 Å². The number of nitrogens with one attached hydrogen (secondary N) is 1. The molecule has 0 saturated heterocycles. The summed E-state index contributed by atoms with van der Waals surface area (Å²) in [5, 5.41) is 14.9. The summed E-state index contributed by atoms with van der Waals surface area (Å²) < 4.78 is 1.00. The predicted molar refractivity (Wildman–Crippen MR) is 108 cm³/mol. The summed E-state index contributed by atoms with van der Waals surface area (Å²) in [6.45, 7) is 0. The van der Waals surface area contributed by atoms with Crippen molar-refractivity contribution in [3.63, 3.8) is 0 Å². The Balaban J connectivity index is 1.82. The van der Waals surface area contributed by atoms with Crippen molar-refractivity contribution in [2.24, 2.45) is 0 Å². The van der Waals surface area contributed by atoms with E-state index < -0.39 is 6.10 Å². The van der Waals surface area contributed by atoms with Gasteiger partial charge in [0.15, 0.2) is 0 Å². The monoisotopic (exact) mass is 415 g/mol. The van der Waals surface area contributed by atoms with Gasteiger partial charge in [0.05, 0.1) is 12.1 Å². The molecule has 25 heavy (non-hydrogen) atoms. The second kappa shape index (κ2) is 8.52. The van der Waals surface area contributed by atoms with Crippen LogP contribution in [0.15, 0.2) is 83.3 Å². The number of para-hydroxylation sites is 1. The number of rotatable bonds is 6. The van der Waals surface area contributed by atoms with Gasteiger partial charge in [-0.1, -0.05) is 70.0 Å². The van der Waals surface area contributed by atoms with Crippen molar-refractivity contribution in [1.29, 1.82) is 0 Å². The standard InChI is InChI=1S/C21H19BrClNO/c22-17-10-6-16(7-11-17)21(25)14-20(15-8-12-18(23)13-9-15)24-19-4-2-1-3-5-19/h1-13,20-21,24-25H,14H2. The summed E-state index contributed by atoms with van der Waals surface area (Å²) in [4.78, 5) is 0. The molecule has 3 rings (SSSR count). The predicted octanol–water partition coefficient (Wildman–Crippen LogP) is 6.38. The number of aliphatic hydroxyl groups excluding tert-OH is 1. The lowest BCUT2D eigenvalue weighted by Gasteiger charge is -2.23. The molecule has 2 atom stereocenters. The average molecular weight is 417 g/mol. The van der Waals surface area contributed by atoms with Crippen LogP contribution >= 0.6 is 27.5 Å². The van der Waals surface area contributed by atoms with Gasteiger partial charge >= 0.3 is 0 Å². The molecule has 0 aromatic heterocycles. The van der Waals surface area contributed by atoms with E-state index >= 15 is 0 Å². The lowest BCUT2D eigenvalue weighted by Crippen LogP contribution is -2.14. The zero-order valence-corrected chi connectivity index (χ0v) is 15.9. The van der Waals surface area contributed by atoms with Gasteiger partial charge in [-0.15, -0.1) is 0 Å². The molecule has 0 aliphatic heterocycles. The Bertz CT molecular complexity index is 790. The summed E-state index contributed by atoms with van der Waals surface area (Å²) in [6, 6.07) is 25.5. The van der Waals surface area contributed by atoms with Crippen molar-refractivity contribution in [3.8, 4) is 0 Å². The van der Waals surface area contributed by atoms with E-state index in [1.54, 1.807) is 0 Å². The highest BCUT2D eigenvalue weighted by molar-refractivity contribution is 9.10. The molecule has 3 aromatic rings. The quantitative estimate of drug-likeness (QED) is 0.488. The Morgan fingerprint density at radius 2 is 1.44 bits per heavy atom. The van der Waals surface area contributed by atoms with E-state index in [4.69, 9.17) is 11.6 Å². The minimum absolute atomic E-state index is 0.0293. The van der Waals surface area contributed by atoms with Gasteiger partial charge in [0.25, 0.3) is 0 Å². The van der Waals surface area contributed by atoms with Crippen LogP contribution in [0, 0.1) is 0 Å². The lowest BCUT2D eigenvalue weighted by molar-refractivity contribution is 0.160. The highest BCUT2D eigenvalue weighted by Crippen LogP contribution is 2.30. The fourth-order valence-electron chi connectivity index (χ4n) is 2.75. The van der Waals surface area contributed by atoms with Crippen molar-refractivity contribution < 1.29 is 5.11 Å². The topological polar surface area (TPSA) is 32.3 Å². The zero-order valence-electron chi connectivity index (χ0n) is 13.6. The second-order valence-corrected chi connectivity index (χ2v) is 7.27. The Morgan fingerprint density at radius 1 is 0.840 bits per heavy atom. The van der Waals surface area contributed by atoms with Crippen LogP contribution in [0.25, 0.3) is 0 Å². The Morgan fingerprint density at radius 3 is 2.08 bits per heavy atom. The molecule has 0 heterocycles. The summed E-state index contributed by atoms with van der Waals surface area (Å²) in [7, 11) is 0. The van der Waals surface area contributed by atoms with Crippen molar-refractivity contribution in [1.82, 2.24) is 0 Å². The Labute approximate surface area is 161 Å². The van der Waals surface area contributed by atoms with Gasteiger partial charge in [-0.05, 0) is 47.5 Å². The molecule has 0 aliphatic rings. The summed E-state index contributed by atoms with van der Waals surface area (Å²) in [5.41, 5.74) is 3.01. The van der Waals surface area contributed by atoms with Crippen LogP contribution in [-0.4, -0.2) is 5.11 Å². The summed E-state index contributed by atoms with van der Waals surface area (Å²) in [6.07, 6.45) is -0.0111. The molecule has 0 amide bonds. The first-order valence-corrected chi connectivity index (χ1v) is 9.29. The van der Waals surface area contributed by atoms with Gasteiger partial charge in [0.2, 0.25) is 0 Å². The number of hydrogen-bond acceptors (Lipinski definition) is 2. The smallest absolute Gasteiger partial charge is 0.0813 e. The number of aliphatic hydroxyl groups is 1. The van der Waals surface area contributed by atoms with Crippen LogP contribution in [0.2, 0.25) is 5.02 Å². The van der Waals surface area contributed by atoms with E-state index in [9.17, 15) is 5.11 Å². The lowest BCUT2D eigenvalue weighted by atomic mass is 9.96. The fourth-order valence-corrected chi connectivity index (χ4v) is 3.14. The molecule has 0 bridgehead atoms. The molecule has 2 nitrogen and oxygen atoms in total. The number of halogens is 2. The highest BCUT2D eigenvalue weighted by atomic mass is 79.9. The molecule has 128 valence electrons. The van der Waals surface area contributed by atoms with Crippen LogP contribution in [-0.2, 0) is 0 Å². The molecule has 4 heteroatoms. The molecular formula is C21H19BrClNO. The maximum absolute atomic E-state index is 10.7. The normalized spacial score (nSPS) is 13.2. The SMILES string of the molecule is OC(CC(Nc1ccccc1)c1ccc(Cl)cc1)c1ccc(Br)cc1. The fraction of sp³-hybridized carbons (Fsp3) is 0.143. The first-order chi connectivity index (χ1) is 12.1. The van der Waals surface area contributed by atoms with Gasteiger partial charge in [-0.3, -0.25) is 0 Å². The highest BCUT2D eigenvalue weighted by Gasteiger charge is 2.18. The Kier molecular flexibility index (Phi) is 6.14. The summed E-state index contributed by atoms with van der Waals surface area (Å²) in [5.74, 6) is 0. The number of benzene rings is 3. The maximum atomic E-state index is 10.7. The van der Waals surface area contributed by atoms with Crippen molar-refractivity contribution in [2.75, 3.05) is 5.32 Å². The van der Waals surface area contributed by atoms with Gasteiger partial charge in [-0.25, -0.2) is 0 Å². The Hall–Kier alpha value is -1.81. The minimum Gasteiger partial charge on any atom is -0.388 e. The van der Waals surface area contributed by atoms with E-state index in [1.165, 1.54) is 0 Å². The van der Waals surface area contributed by atoms with E-state index in [-0.39, 0.29) is 6.04 Å². The van der Waals surface area contributed by atoms with Gasteiger partial charge in [0, 0.05) is 21.6 Å². The maximum Gasteiger partial charge on any atom is 0.0813 e. The van der Waals surface area contributed by atoms with Crippen LogP contribution in [0.4, 0.5) is 5.69 Å². The van der Waals surface area contributed by atoms with Crippen LogP contribution in [0.3, 0.4) is 0 Å². The van der Waals surface area contributed by atoms with Gasteiger partial charge in [-0.2, -0.15) is 0 Å². The summed E-state index contributed by atoms with van der Waals surface area (Å²) >= 11 is 9.45. The molecule has 0 fully saturated rings. The third-order valence-corrected chi connectivity index (χ3v) is 4.88. The molecule has 0 spiro atoms. The third kappa shape index (κ3) is 5.08. The zero-order chi connectivity index (χ0) is 17.6. The molecule has 3 aromatic carbocycles. The number of anilines is 1. The second-order valence-electron chi connectivity index (χ2n) is 5.92. The molecule has 0 radical (unpaired) electrons. The largest absolute Gasteiger partial charge is 0.388 e. The van der Waals surface area contributed by atoms with E-state index in [0.29, 0.717) is 11.4 Å².